The fraction of sp³-hybridized carbons (Fsp3) is 0.0857. The van der Waals surface area contributed by atoms with Crippen molar-refractivity contribution < 1.29 is 4.74 Å². The normalized spacial score (nSPS) is 11.9. The van der Waals surface area contributed by atoms with Crippen molar-refractivity contribution >= 4 is 45.9 Å². The van der Waals surface area contributed by atoms with E-state index in [0.29, 0.717) is 0 Å². The van der Waals surface area contributed by atoms with Gasteiger partial charge >= 0.3 is 0 Å². The lowest BCUT2D eigenvalue weighted by molar-refractivity contribution is 0.414. The molecule has 3 nitrogen and oxygen atoms in total. The first-order valence-electron chi connectivity index (χ1n) is 13.0. The van der Waals surface area contributed by atoms with Crippen molar-refractivity contribution in [2.45, 2.75) is 23.6 Å². The third-order valence-electron chi connectivity index (χ3n) is 7.05. The Morgan fingerprint density at radius 3 is 1.90 bits per heavy atom. The number of hydrogen-bond acceptors (Lipinski definition) is 4. The van der Waals surface area contributed by atoms with Crippen LogP contribution in [0.1, 0.15) is 16.7 Å². The number of benzene rings is 5. The van der Waals surface area contributed by atoms with Crippen molar-refractivity contribution in [1.29, 1.82) is 0 Å². The molecule has 39 heavy (non-hydrogen) atoms. The molecule has 0 atom stereocenters. The summed E-state index contributed by atoms with van der Waals surface area (Å²) in [5.74, 6) is 0.843. The third kappa shape index (κ3) is 4.80. The molecule has 192 valence electrons. The fourth-order valence-electron chi connectivity index (χ4n) is 4.92. The molecule has 0 spiro atoms. The highest BCUT2D eigenvalue weighted by Crippen LogP contribution is 2.52. The second-order valence-electron chi connectivity index (χ2n) is 9.74. The van der Waals surface area contributed by atoms with E-state index in [1.54, 1.807) is 18.9 Å². The first kappa shape index (κ1) is 24.9. The Morgan fingerprint density at radius 2 is 1.28 bits per heavy atom. The summed E-state index contributed by atoms with van der Waals surface area (Å²) in [5.41, 5.74) is 9.98. The van der Waals surface area contributed by atoms with Gasteiger partial charge in [0.05, 0.1) is 18.5 Å². The van der Waals surface area contributed by atoms with Gasteiger partial charge in [0, 0.05) is 38.6 Å². The van der Waals surface area contributed by atoms with Crippen LogP contribution < -0.4 is 14.5 Å². The second-order valence-corrected chi connectivity index (χ2v) is 10.8. The Labute approximate surface area is 235 Å². The molecular weight excluding hydrogens is 496 g/mol. The summed E-state index contributed by atoms with van der Waals surface area (Å²) in [4.78, 5) is 6.97. The Kier molecular flexibility index (Phi) is 6.64. The van der Waals surface area contributed by atoms with Crippen LogP contribution in [-0.2, 0) is 0 Å². The highest BCUT2D eigenvalue weighted by atomic mass is 32.2. The fourth-order valence-corrected chi connectivity index (χ4v) is 5.96. The van der Waals surface area contributed by atoms with Gasteiger partial charge in [-0.25, -0.2) is 0 Å². The second kappa shape index (κ2) is 10.4. The minimum atomic E-state index is 0.843. The lowest BCUT2D eigenvalue weighted by Gasteiger charge is -2.33. The van der Waals surface area contributed by atoms with Crippen molar-refractivity contribution in [3.63, 3.8) is 0 Å². The van der Waals surface area contributed by atoms with Crippen LogP contribution >= 0.6 is 11.8 Å². The molecule has 1 heterocycles. The first-order chi connectivity index (χ1) is 19.0. The first-order valence-corrected chi connectivity index (χ1v) is 13.8. The van der Waals surface area contributed by atoms with Crippen molar-refractivity contribution in [2.75, 3.05) is 16.9 Å². The Bertz CT molecular complexity index is 1600. The molecular formula is C35H30N2OS. The van der Waals surface area contributed by atoms with Gasteiger partial charge in [-0.2, -0.15) is 0 Å². The maximum atomic E-state index is 5.58. The van der Waals surface area contributed by atoms with Gasteiger partial charge in [-0.05, 0) is 80.1 Å². The molecule has 5 aromatic carbocycles. The molecule has 0 amide bonds. The van der Waals surface area contributed by atoms with Crippen molar-refractivity contribution in [1.82, 2.24) is 0 Å². The van der Waals surface area contributed by atoms with E-state index in [-0.39, 0.29) is 0 Å². The van der Waals surface area contributed by atoms with Crippen molar-refractivity contribution in [2.24, 2.45) is 0 Å². The zero-order chi connectivity index (χ0) is 26.9. The SMILES string of the molecule is C=C(c1ccc(N2c3ccccc3Sc3ccc(OC)cc32)cc1)N(c1ccc(C)cc1)c1ccc(C)cc1. The largest absolute Gasteiger partial charge is 0.497 e. The molecule has 5 aromatic rings. The molecule has 0 radical (unpaired) electrons. The van der Waals surface area contributed by atoms with Gasteiger partial charge in [0.15, 0.2) is 0 Å². The van der Waals surface area contributed by atoms with Crippen molar-refractivity contribution in [3.8, 4) is 5.75 Å². The van der Waals surface area contributed by atoms with Gasteiger partial charge in [0.1, 0.15) is 5.75 Å². The number of methoxy groups -OCH3 is 1. The number of nitrogens with zero attached hydrogens (tertiary/aromatic N) is 2. The summed E-state index contributed by atoms with van der Waals surface area (Å²) in [5, 5.41) is 0. The number of para-hydroxylation sites is 1. The van der Waals surface area contributed by atoms with Gasteiger partial charge in [-0.15, -0.1) is 0 Å². The molecule has 1 aliphatic heterocycles. The summed E-state index contributed by atoms with van der Waals surface area (Å²) in [7, 11) is 1.71. The van der Waals surface area contributed by atoms with Crippen LogP contribution in [0.3, 0.4) is 0 Å². The molecule has 1 aliphatic rings. The van der Waals surface area contributed by atoms with E-state index < -0.39 is 0 Å². The van der Waals surface area contributed by atoms with Gasteiger partial charge < -0.3 is 14.5 Å². The monoisotopic (exact) mass is 526 g/mol. The number of aryl methyl sites for hydroxylation is 2. The minimum absolute atomic E-state index is 0.843. The van der Waals surface area contributed by atoms with Crippen LogP contribution in [0.15, 0.2) is 132 Å². The maximum Gasteiger partial charge on any atom is 0.121 e. The van der Waals surface area contributed by atoms with Crippen molar-refractivity contribution in [3.05, 3.63) is 139 Å². The minimum Gasteiger partial charge on any atom is -0.497 e. The molecule has 4 heteroatoms. The molecule has 0 unspecified atom stereocenters. The zero-order valence-electron chi connectivity index (χ0n) is 22.4. The molecule has 0 N–H and O–H groups in total. The molecule has 0 aromatic heterocycles. The molecule has 0 fully saturated rings. The number of ether oxygens (including phenoxy) is 1. The van der Waals surface area contributed by atoms with Gasteiger partial charge in [0.25, 0.3) is 0 Å². The Balaban J connectivity index is 1.40. The van der Waals surface area contributed by atoms with E-state index in [1.165, 1.54) is 20.9 Å². The van der Waals surface area contributed by atoms with E-state index in [0.717, 1.165) is 45.4 Å². The van der Waals surface area contributed by atoms with Crippen LogP contribution in [0, 0.1) is 13.8 Å². The molecule has 0 saturated carbocycles. The standard InChI is InChI=1S/C35H30N2OS/c1-24-9-15-28(16-10-24)36(29-17-11-25(2)12-18-29)26(3)27-13-19-30(20-14-27)37-32-7-5-6-8-34(32)39-35-22-21-31(38-4)23-33(35)37/h5-23H,3H2,1-2,4H3. The lowest BCUT2D eigenvalue weighted by Crippen LogP contribution is -2.16. The average Bonchev–Trinajstić information content (AvgIpc) is 2.97. The lowest BCUT2D eigenvalue weighted by atomic mass is 10.1. The third-order valence-corrected chi connectivity index (χ3v) is 8.18. The van der Waals surface area contributed by atoms with Gasteiger partial charge in [0.2, 0.25) is 0 Å². The van der Waals surface area contributed by atoms with E-state index in [1.807, 2.05) is 6.07 Å². The smallest absolute Gasteiger partial charge is 0.121 e. The van der Waals surface area contributed by atoms with Gasteiger partial charge in [-0.1, -0.05) is 78.0 Å². The van der Waals surface area contributed by atoms with Crippen LogP contribution in [0.5, 0.6) is 5.75 Å². The Morgan fingerprint density at radius 1 is 0.692 bits per heavy atom. The molecule has 0 aliphatic carbocycles. The predicted molar refractivity (Wildman–Crippen MR) is 165 cm³/mol. The van der Waals surface area contributed by atoms with E-state index in [4.69, 9.17) is 4.74 Å². The highest BCUT2D eigenvalue weighted by molar-refractivity contribution is 7.99. The quantitative estimate of drug-likeness (QED) is 0.214. The topological polar surface area (TPSA) is 15.7 Å². The number of rotatable bonds is 6. The molecule has 6 rings (SSSR count). The number of hydrogen-bond donors (Lipinski definition) is 0. The zero-order valence-corrected chi connectivity index (χ0v) is 23.2. The summed E-state index contributed by atoms with van der Waals surface area (Å²) >= 11 is 1.79. The predicted octanol–water partition coefficient (Wildman–Crippen LogP) is 10.1. The summed E-state index contributed by atoms with van der Waals surface area (Å²) in [6, 6.07) is 40.7. The van der Waals surface area contributed by atoms with Crippen LogP contribution in [0.25, 0.3) is 5.70 Å². The van der Waals surface area contributed by atoms with Crippen LogP contribution in [0.2, 0.25) is 0 Å². The highest BCUT2D eigenvalue weighted by Gasteiger charge is 2.25. The van der Waals surface area contributed by atoms with Crippen LogP contribution in [-0.4, -0.2) is 7.11 Å². The molecule has 0 saturated heterocycles. The molecule has 0 bridgehead atoms. The Hall–Kier alpha value is -4.41. The number of anilines is 5. The summed E-state index contributed by atoms with van der Waals surface area (Å²) in [6.45, 7) is 8.77. The van der Waals surface area contributed by atoms with Crippen LogP contribution in [0.4, 0.5) is 28.4 Å². The maximum absolute atomic E-state index is 5.58. The average molecular weight is 527 g/mol. The van der Waals surface area contributed by atoms with E-state index >= 15 is 0 Å². The van der Waals surface area contributed by atoms with Gasteiger partial charge in [-0.3, -0.25) is 0 Å². The summed E-state index contributed by atoms with van der Waals surface area (Å²) < 4.78 is 5.58. The van der Waals surface area contributed by atoms with E-state index in [2.05, 4.69) is 139 Å². The summed E-state index contributed by atoms with van der Waals surface area (Å²) in [6.07, 6.45) is 0. The number of fused-ring (bicyclic) bond motifs is 2. The van der Waals surface area contributed by atoms with E-state index in [9.17, 15) is 0 Å².